The van der Waals surface area contributed by atoms with Crippen molar-refractivity contribution in [3.63, 3.8) is 0 Å². The molecule has 4 rings (SSSR count). The number of rotatable bonds is 11. The van der Waals surface area contributed by atoms with Gasteiger partial charge in [-0.1, -0.05) is 11.6 Å². The number of nitrogens with zero attached hydrogens (tertiary/aromatic N) is 6. The molecule has 0 unspecified atom stereocenters. The molecule has 0 aliphatic carbocycles. The molecule has 0 atom stereocenters. The van der Waals surface area contributed by atoms with Crippen LogP contribution in [0, 0.1) is 0 Å². The molecule has 11 nitrogen and oxygen atoms in total. The Kier molecular flexibility index (Phi) is 8.68. The maximum atomic E-state index is 10.7. The molecule has 1 aliphatic heterocycles. The normalized spacial score (nSPS) is 14.7. The van der Waals surface area contributed by atoms with Crippen molar-refractivity contribution in [1.29, 1.82) is 0 Å². The molecule has 1 aliphatic rings. The van der Waals surface area contributed by atoms with E-state index in [1.54, 1.807) is 0 Å². The highest BCUT2D eigenvalue weighted by atomic mass is 35.5. The molecule has 2 aromatic heterocycles. The molecule has 0 radical (unpaired) electrons. The van der Waals surface area contributed by atoms with Gasteiger partial charge in [-0.15, -0.1) is 0 Å². The van der Waals surface area contributed by atoms with Crippen molar-refractivity contribution in [3.8, 4) is 17.5 Å². The molecule has 0 saturated carbocycles. The zero-order valence-corrected chi connectivity index (χ0v) is 21.4. The van der Waals surface area contributed by atoms with Crippen LogP contribution in [0.3, 0.4) is 0 Å². The van der Waals surface area contributed by atoms with Gasteiger partial charge < -0.3 is 24.3 Å². The number of aldehydes is 1. The Morgan fingerprint density at radius 2 is 1.89 bits per heavy atom. The second-order valence-corrected chi connectivity index (χ2v) is 8.95. The molecule has 3 aromatic rings. The van der Waals surface area contributed by atoms with Crippen LogP contribution in [0.5, 0.6) is 17.5 Å². The molecule has 12 heteroatoms. The third-order valence-electron chi connectivity index (χ3n) is 5.65. The molecule has 0 bridgehead atoms. The Morgan fingerprint density at radius 1 is 1.11 bits per heavy atom. The van der Waals surface area contributed by atoms with E-state index in [0.29, 0.717) is 52.2 Å². The summed E-state index contributed by atoms with van der Waals surface area (Å²) >= 11 is 6.29. The minimum atomic E-state index is -0.0816. The number of anilines is 2. The highest BCUT2D eigenvalue weighted by molar-refractivity contribution is 6.33. The number of nitrogens with one attached hydrogen (secondary N) is 1. The second kappa shape index (κ2) is 12.1. The SMILES string of the molecule is COc1ncc(Cl)c(Nc2ncnc3cc(OCCN4CCN(CC=O)CC4)cc(OC(C)C)c23)n1. The molecule has 1 aromatic carbocycles. The lowest BCUT2D eigenvalue weighted by molar-refractivity contribution is -0.109. The fourth-order valence-corrected chi connectivity index (χ4v) is 4.04. The van der Waals surface area contributed by atoms with Crippen LogP contribution >= 0.6 is 11.6 Å². The summed E-state index contributed by atoms with van der Waals surface area (Å²) in [5, 5.41) is 4.15. The molecule has 0 amide bonds. The van der Waals surface area contributed by atoms with Gasteiger partial charge in [-0.3, -0.25) is 9.80 Å². The van der Waals surface area contributed by atoms with E-state index >= 15 is 0 Å². The van der Waals surface area contributed by atoms with E-state index in [9.17, 15) is 4.79 Å². The molecule has 36 heavy (non-hydrogen) atoms. The number of piperazine rings is 1. The Hall–Kier alpha value is -3.28. The molecular formula is C24H30ClN7O4. The van der Waals surface area contributed by atoms with Gasteiger partial charge in [0.1, 0.15) is 41.6 Å². The number of benzene rings is 1. The summed E-state index contributed by atoms with van der Waals surface area (Å²) in [6.45, 7) is 9.30. The first-order chi connectivity index (χ1) is 17.5. The van der Waals surface area contributed by atoms with Crippen LogP contribution < -0.4 is 19.5 Å². The largest absolute Gasteiger partial charge is 0.492 e. The van der Waals surface area contributed by atoms with Crippen molar-refractivity contribution >= 4 is 40.4 Å². The van der Waals surface area contributed by atoms with Crippen LogP contribution in [0.4, 0.5) is 11.6 Å². The number of fused-ring (bicyclic) bond motifs is 1. The molecule has 3 heterocycles. The highest BCUT2D eigenvalue weighted by Crippen LogP contribution is 2.36. The van der Waals surface area contributed by atoms with Gasteiger partial charge in [0.25, 0.3) is 0 Å². The van der Waals surface area contributed by atoms with Crippen LogP contribution in [0.15, 0.2) is 24.7 Å². The standard InChI is InChI=1S/C24H30ClN7O4/c1-16(2)36-20-13-17(35-11-9-32-6-4-31(5-7-32)8-10-33)12-19-21(20)23(28-15-27-19)29-22-18(25)14-26-24(30-22)34-3/h10,12-16H,4-9,11H2,1-3H3,(H,26,27,28,29,30). The third-order valence-corrected chi connectivity index (χ3v) is 5.93. The first-order valence-corrected chi connectivity index (χ1v) is 12.1. The number of aromatic nitrogens is 4. The number of methoxy groups -OCH3 is 1. The van der Waals surface area contributed by atoms with E-state index in [1.165, 1.54) is 19.6 Å². The van der Waals surface area contributed by atoms with Crippen molar-refractivity contribution in [3.05, 3.63) is 29.7 Å². The van der Waals surface area contributed by atoms with Gasteiger partial charge in [0.05, 0.1) is 36.9 Å². The minimum absolute atomic E-state index is 0.0816. The molecule has 1 N–H and O–H groups in total. The van der Waals surface area contributed by atoms with Gasteiger partial charge in [0, 0.05) is 44.9 Å². The van der Waals surface area contributed by atoms with Crippen molar-refractivity contribution in [2.24, 2.45) is 0 Å². The number of ether oxygens (including phenoxy) is 3. The highest BCUT2D eigenvalue weighted by Gasteiger charge is 2.18. The summed E-state index contributed by atoms with van der Waals surface area (Å²) in [5.41, 5.74) is 0.653. The lowest BCUT2D eigenvalue weighted by Gasteiger charge is -2.33. The van der Waals surface area contributed by atoms with E-state index in [2.05, 4.69) is 35.1 Å². The van der Waals surface area contributed by atoms with Crippen LogP contribution in [-0.4, -0.2) is 95.1 Å². The van der Waals surface area contributed by atoms with E-state index < -0.39 is 0 Å². The minimum Gasteiger partial charge on any atom is -0.492 e. The van der Waals surface area contributed by atoms with E-state index in [1.807, 2.05) is 26.0 Å². The summed E-state index contributed by atoms with van der Waals surface area (Å²) in [7, 11) is 1.48. The average Bonchev–Trinajstić information content (AvgIpc) is 2.86. The fourth-order valence-electron chi connectivity index (χ4n) is 3.90. The summed E-state index contributed by atoms with van der Waals surface area (Å²) in [6, 6.07) is 3.89. The monoisotopic (exact) mass is 515 g/mol. The van der Waals surface area contributed by atoms with Gasteiger partial charge in [0.15, 0.2) is 5.82 Å². The van der Waals surface area contributed by atoms with Crippen molar-refractivity contribution in [2.45, 2.75) is 20.0 Å². The van der Waals surface area contributed by atoms with Crippen LogP contribution in [-0.2, 0) is 4.79 Å². The van der Waals surface area contributed by atoms with Gasteiger partial charge in [-0.2, -0.15) is 4.98 Å². The van der Waals surface area contributed by atoms with Crippen LogP contribution in [0.1, 0.15) is 13.8 Å². The van der Waals surface area contributed by atoms with Gasteiger partial charge in [-0.05, 0) is 13.8 Å². The maximum absolute atomic E-state index is 10.7. The van der Waals surface area contributed by atoms with E-state index in [-0.39, 0.29) is 12.1 Å². The lowest BCUT2D eigenvalue weighted by atomic mass is 10.2. The smallest absolute Gasteiger partial charge is 0.318 e. The zero-order chi connectivity index (χ0) is 25.5. The van der Waals surface area contributed by atoms with Crippen molar-refractivity contribution in [2.75, 3.05) is 58.3 Å². The lowest BCUT2D eigenvalue weighted by Crippen LogP contribution is -2.47. The Balaban J connectivity index is 1.53. The summed E-state index contributed by atoms with van der Waals surface area (Å²) in [6.07, 6.45) is 3.79. The molecule has 1 fully saturated rings. The van der Waals surface area contributed by atoms with E-state index in [4.69, 9.17) is 25.8 Å². The van der Waals surface area contributed by atoms with Crippen molar-refractivity contribution < 1.29 is 19.0 Å². The number of hydrogen-bond acceptors (Lipinski definition) is 11. The summed E-state index contributed by atoms with van der Waals surface area (Å²) in [4.78, 5) is 32.3. The second-order valence-electron chi connectivity index (χ2n) is 8.54. The topological polar surface area (TPSA) is 115 Å². The van der Waals surface area contributed by atoms with Gasteiger partial charge >= 0.3 is 6.01 Å². The Morgan fingerprint density at radius 3 is 2.61 bits per heavy atom. The Bertz CT molecular complexity index is 1190. The average molecular weight is 516 g/mol. The molecule has 192 valence electrons. The number of hydrogen-bond donors (Lipinski definition) is 1. The number of halogens is 1. The van der Waals surface area contributed by atoms with Gasteiger partial charge in [-0.25, -0.2) is 15.0 Å². The first kappa shape index (κ1) is 25.8. The Labute approximate surface area is 214 Å². The summed E-state index contributed by atoms with van der Waals surface area (Å²) in [5.74, 6) is 2.08. The van der Waals surface area contributed by atoms with Crippen LogP contribution in [0.2, 0.25) is 5.02 Å². The first-order valence-electron chi connectivity index (χ1n) is 11.8. The molecule has 1 saturated heterocycles. The quantitative estimate of drug-likeness (QED) is 0.380. The molecular weight excluding hydrogens is 486 g/mol. The summed E-state index contributed by atoms with van der Waals surface area (Å²) < 4.78 is 17.3. The molecule has 0 spiro atoms. The number of carbonyl (C=O) groups excluding carboxylic acids is 1. The number of carbonyl (C=O) groups is 1. The zero-order valence-electron chi connectivity index (χ0n) is 20.6. The van der Waals surface area contributed by atoms with Crippen molar-refractivity contribution in [1.82, 2.24) is 29.7 Å². The van der Waals surface area contributed by atoms with Crippen LogP contribution in [0.25, 0.3) is 10.9 Å². The third kappa shape index (κ3) is 6.48. The predicted molar refractivity (Wildman–Crippen MR) is 137 cm³/mol. The maximum Gasteiger partial charge on any atom is 0.318 e. The van der Waals surface area contributed by atoms with Gasteiger partial charge in [0.2, 0.25) is 0 Å². The fraction of sp³-hybridized carbons (Fsp3) is 0.458. The van der Waals surface area contributed by atoms with E-state index in [0.717, 1.165) is 39.0 Å². The predicted octanol–water partition coefficient (Wildman–Crippen LogP) is 2.81.